The maximum atomic E-state index is 12.3. The van der Waals surface area contributed by atoms with E-state index in [9.17, 15) is 9.59 Å². The number of amides is 1. The molecule has 126 valence electrons. The van der Waals surface area contributed by atoms with Crippen LogP contribution in [0.2, 0.25) is 0 Å². The summed E-state index contributed by atoms with van der Waals surface area (Å²) in [5, 5.41) is 8.97. The average molecular weight is 318 g/mol. The standard InChI is InChI=1S/C18H26N2O3/c1-19(2)11-4-6-17(21)20-12-3-5-16(13-20)14-7-9-15(10-8-14)18(22)23/h7-10,16H,3-6,11-13H2,1-2H3,(H,22,23)/t16-/m1/s1. The van der Waals surface area contributed by atoms with Gasteiger partial charge in [0.05, 0.1) is 5.56 Å². The molecule has 0 spiro atoms. The van der Waals surface area contributed by atoms with Crippen molar-refractivity contribution in [3.63, 3.8) is 0 Å². The van der Waals surface area contributed by atoms with Gasteiger partial charge in [0.25, 0.3) is 0 Å². The maximum Gasteiger partial charge on any atom is 0.335 e. The second-order valence-corrected chi connectivity index (χ2v) is 6.51. The first-order valence-corrected chi connectivity index (χ1v) is 8.23. The summed E-state index contributed by atoms with van der Waals surface area (Å²) in [6, 6.07) is 7.06. The highest BCUT2D eigenvalue weighted by Gasteiger charge is 2.24. The Bertz CT molecular complexity index is 540. The second kappa shape index (κ2) is 8.11. The Morgan fingerprint density at radius 3 is 2.57 bits per heavy atom. The van der Waals surface area contributed by atoms with Gasteiger partial charge in [-0.3, -0.25) is 4.79 Å². The van der Waals surface area contributed by atoms with E-state index in [1.807, 2.05) is 31.1 Å². The topological polar surface area (TPSA) is 60.9 Å². The molecule has 1 N–H and O–H groups in total. The van der Waals surface area contributed by atoms with Crippen LogP contribution in [0.3, 0.4) is 0 Å². The Morgan fingerprint density at radius 1 is 1.26 bits per heavy atom. The van der Waals surface area contributed by atoms with Crippen molar-refractivity contribution in [1.82, 2.24) is 9.80 Å². The predicted molar refractivity (Wildman–Crippen MR) is 89.7 cm³/mol. The molecule has 1 atom stereocenters. The number of piperidine rings is 1. The number of nitrogens with zero attached hydrogens (tertiary/aromatic N) is 2. The molecule has 1 heterocycles. The van der Waals surface area contributed by atoms with Crippen molar-refractivity contribution in [3.8, 4) is 0 Å². The van der Waals surface area contributed by atoms with Gasteiger partial charge in [0.1, 0.15) is 0 Å². The highest BCUT2D eigenvalue weighted by Crippen LogP contribution is 2.27. The summed E-state index contributed by atoms with van der Waals surface area (Å²) in [6.45, 7) is 2.51. The van der Waals surface area contributed by atoms with Gasteiger partial charge >= 0.3 is 5.97 Å². The van der Waals surface area contributed by atoms with Crippen molar-refractivity contribution in [1.29, 1.82) is 0 Å². The Kier molecular flexibility index (Phi) is 6.16. The normalized spacial score (nSPS) is 18.2. The highest BCUT2D eigenvalue weighted by atomic mass is 16.4. The maximum absolute atomic E-state index is 12.3. The molecule has 1 fully saturated rings. The number of carbonyl (C=O) groups is 2. The van der Waals surface area contributed by atoms with Gasteiger partial charge in [0, 0.05) is 25.4 Å². The molecule has 0 saturated carbocycles. The fourth-order valence-corrected chi connectivity index (χ4v) is 3.08. The number of carbonyl (C=O) groups excluding carboxylic acids is 1. The molecular formula is C18H26N2O3. The van der Waals surface area contributed by atoms with Crippen LogP contribution in [-0.2, 0) is 4.79 Å². The van der Waals surface area contributed by atoms with E-state index in [0.29, 0.717) is 17.9 Å². The number of hydrogen-bond acceptors (Lipinski definition) is 3. The quantitative estimate of drug-likeness (QED) is 0.875. The molecule has 1 aliphatic heterocycles. The summed E-state index contributed by atoms with van der Waals surface area (Å²) in [5.74, 6) is -0.360. The monoisotopic (exact) mass is 318 g/mol. The van der Waals surface area contributed by atoms with Crippen LogP contribution < -0.4 is 0 Å². The average Bonchev–Trinajstić information content (AvgIpc) is 2.54. The zero-order valence-corrected chi connectivity index (χ0v) is 14.0. The smallest absolute Gasteiger partial charge is 0.335 e. The number of rotatable bonds is 6. The number of carboxylic acid groups (broad SMARTS) is 1. The number of aromatic carboxylic acids is 1. The lowest BCUT2D eigenvalue weighted by molar-refractivity contribution is -0.132. The first-order valence-electron chi connectivity index (χ1n) is 8.23. The van der Waals surface area contributed by atoms with E-state index < -0.39 is 5.97 Å². The third-order valence-electron chi connectivity index (χ3n) is 4.40. The summed E-state index contributed by atoms with van der Waals surface area (Å²) in [5.41, 5.74) is 1.43. The molecule has 0 aromatic heterocycles. The van der Waals surface area contributed by atoms with E-state index in [0.717, 1.165) is 44.5 Å². The summed E-state index contributed by atoms with van der Waals surface area (Å²) < 4.78 is 0. The fourth-order valence-electron chi connectivity index (χ4n) is 3.08. The zero-order valence-electron chi connectivity index (χ0n) is 14.0. The SMILES string of the molecule is CN(C)CCCC(=O)N1CCC[C@@H](c2ccc(C(=O)O)cc2)C1. The van der Waals surface area contributed by atoms with Crippen LogP contribution in [0.4, 0.5) is 0 Å². The van der Waals surface area contributed by atoms with Crippen LogP contribution in [-0.4, -0.2) is 60.5 Å². The number of likely N-dealkylation sites (tertiary alicyclic amines) is 1. The molecule has 1 amide bonds. The summed E-state index contributed by atoms with van der Waals surface area (Å²) in [4.78, 5) is 27.3. The molecule has 5 nitrogen and oxygen atoms in total. The van der Waals surface area contributed by atoms with Gasteiger partial charge in [-0.05, 0) is 57.6 Å². The first kappa shape index (κ1) is 17.5. The van der Waals surface area contributed by atoms with Gasteiger partial charge in [-0.25, -0.2) is 4.79 Å². The van der Waals surface area contributed by atoms with Crippen LogP contribution >= 0.6 is 0 Å². The van der Waals surface area contributed by atoms with Crippen molar-refractivity contribution in [2.45, 2.75) is 31.6 Å². The molecule has 23 heavy (non-hydrogen) atoms. The van der Waals surface area contributed by atoms with E-state index in [4.69, 9.17) is 5.11 Å². The van der Waals surface area contributed by atoms with Gasteiger partial charge in [0.2, 0.25) is 5.91 Å². The van der Waals surface area contributed by atoms with Crippen molar-refractivity contribution in [2.24, 2.45) is 0 Å². The van der Waals surface area contributed by atoms with E-state index in [2.05, 4.69) is 4.90 Å². The Morgan fingerprint density at radius 2 is 1.96 bits per heavy atom. The lowest BCUT2D eigenvalue weighted by Crippen LogP contribution is -2.39. The zero-order chi connectivity index (χ0) is 16.8. The highest BCUT2D eigenvalue weighted by molar-refractivity contribution is 5.87. The van der Waals surface area contributed by atoms with E-state index in [1.165, 1.54) is 0 Å². The van der Waals surface area contributed by atoms with E-state index >= 15 is 0 Å². The van der Waals surface area contributed by atoms with Gasteiger partial charge in [0.15, 0.2) is 0 Å². The van der Waals surface area contributed by atoms with Gasteiger partial charge in [-0.1, -0.05) is 12.1 Å². The summed E-state index contributed by atoms with van der Waals surface area (Å²) in [6.07, 6.45) is 3.54. The first-order chi connectivity index (χ1) is 11.0. The van der Waals surface area contributed by atoms with Crippen LogP contribution in [0, 0.1) is 0 Å². The minimum atomic E-state index is -0.905. The number of benzene rings is 1. The molecule has 0 unspecified atom stereocenters. The molecule has 5 heteroatoms. The Hall–Kier alpha value is -1.88. The largest absolute Gasteiger partial charge is 0.478 e. The molecular weight excluding hydrogens is 292 g/mol. The molecule has 0 aliphatic carbocycles. The fraction of sp³-hybridized carbons (Fsp3) is 0.556. The van der Waals surface area contributed by atoms with Crippen LogP contribution in [0.15, 0.2) is 24.3 Å². The van der Waals surface area contributed by atoms with Crippen LogP contribution in [0.1, 0.15) is 47.5 Å². The van der Waals surface area contributed by atoms with Crippen molar-refractivity contribution in [2.75, 3.05) is 33.7 Å². The van der Waals surface area contributed by atoms with Gasteiger partial charge in [-0.2, -0.15) is 0 Å². The molecule has 1 saturated heterocycles. The Balaban J connectivity index is 1.92. The Labute approximate surface area is 137 Å². The number of hydrogen-bond donors (Lipinski definition) is 1. The van der Waals surface area contributed by atoms with Gasteiger partial charge in [-0.15, -0.1) is 0 Å². The molecule has 0 radical (unpaired) electrons. The molecule has 2 rings (SSSR count). The van der Waals surface area contributed by atoms with Crippen molar-refractivity contribution >= 4 is 11.9 Å². The van der Waals surface area contributed by atoms with E-state index in [-0.39, 0.29) is 5.91 Å². The third kappa shape index (κ3) is 5.06. The molecule has 1 aromatic rings. The van der Waals surface area contributed by atoms with Crippen LogP contribution in [0.25, 0.3) is 0 Å². The second-order valence-electron chi connectivity index (χ2n) is 6.51. The molecule has 1 aromatic carbocycles. The molecule has 1 aliphatic rings. The summed E-state index contributed by atoms with van der Waals surface area (Å²) >= 11 is 0. The minimum absolute atomic E-state index is 0.235. The van der Waals surface area contributed by atoms with Gasteiger partial charge < -0.3 is 14.9 Å². The van der Waals surface area contributed by atoms with Crippen LogP contribution in [0.5, 0.6) is 0 Å². The number of carboxylic acids is 1. The van der Waals surface area contributed by atoms with E-state index in [1.54, 1.807) is 12.1 Å². The molecule has 0 bridgehead atoms. The lowest BCUT2D eigenvalue weighted by atomic mass is 9.90. The summed E-state index contributed by atoms with van der Waals surface area (Å²) in [7, 11) is 4.03. The lowest BCUT2D eigenvalue weighted by Gasteiger charge is -2.33. The van der Waals surface area contributed by atoms with Crippen molar-refractivity contribution in [3.05, 3.63) is 35.4 Å². The van der Waals surface area contributed by atoms with Crippen molar-refractivity contribution < 1.29 is 14.7 Å². The minimum Gasteiger partial charge on any atom is -0.478 e. The predicted octanol–water partition coefficient (Wildman–Crippen LogP) is 2.43. The third-order valence-corrected chi connectivity index (χ3v) is 4.40.